The van der Waals surface area contributed by atoms with Crippen LogP contribution in [0.2, 0.25) is 0 Å². The van der Waals surface area contributed by atoms with Crippen LogP contribution >= 0.6 is 0 Å². The highest BCUT2D eigenvalue weighted by molar-refractivity contribution is 6.46. The molecule has 0 aliphatic carbocycles. The molecule has 2 atom stereocenters. The van der Waals surface area contributed by atoms with Crippen molar-refractivity contribution in [2.75, 3.05) is 6.54 Å². The van der Waals surface area contributed by atoms with Gasteiger partial charge in [0.15, 0.2) is 0 Å². The zero-order valence-corrected chi connectivity index (χ0v) is 22.8. The van der Waals surface area contributed by atoms with E-state index in [-0.39, 0.29) is 17.4 Å². The van der Waals surface area contributed by atoms with Crippen molar-refractivity contribution in [3.05, 3.63) is 137 Å². The number of aliphatic hydroxyl groups is 1. The van der Waals surface area contributed by atoms with Gasteiger partial charge in [0.05, 0.1) is 11.6 Å². The monoisotopic (exact) mass is 545 g/mol. The van der Waals surface area contributed by atoms with E-state index in [4.69, 9.17) is 9.47 Å². The highest BCUT2D eigenvalue weighted by atomic mass is 16.5. The van der Waals surface area contributed by atoms with Gasteiger partial charge in [0.25, 0.3) is 11.7 Å². The number of hydrogen-bond donors (Lipinski definition) is 1. The summed E-state index contributed by atoms with van der Waals surface area (Å²) in [5.74, 6) is -0.0287. The fourth-order valence-corrected chi connectivity index (χ4v) is 5.56. The number of benzene rings is 4. The number of amides is 1. The Hall–Kier alpha value is -4.84. The highest BCUT2D eigenvalue weighted by Crippen LogP contribution is 2.41. The summed E-state index contributed by atoms with van der Waals surface area (Å²) in [5.41, 5.74) is 4.40. The van der Waals surface area contributed by atoms with Crippen LogP contribution in [0.15, 0.2) is 109 Å². The fraction of sp³-hybridized carbons (Fsp3) is 0.200. The Morgan fingerprint density at radius 2 is 1.59 bits per heavy atom. The first-order chi connectivity index (χ1) is 20.0. The van der Waals surface area contributed by atoms with Gasteiger partial charge in [-0.1, -0.05) is 72.8 Å². The minimum absolute atomic E-state index is 0.0496. The van der Waals surface area contributed by atoms with Gasteiger partial charge in [-0.3, -0.25) is 9.59 Å². The van der Waals surface area contributed by atoms with Gasteiger partial charge in [0.2, 0.25) is 0 Å². The molecule has 1 fully saturated rings. The molecule has 6 nitrogen and oxygen atoms in total. The van der Waals surface area contributed by atoms with Gasteiger partial charge >= 0.3 is 0 Å². The third-order valence-electron chi connectivity index (χ3n) is 7.64. The van der Waals surface area contributed by atoms with Crippen molar-refractivity contribution in [3.8, 4) is 11.5 Å². The van der Waals surface area contributed by atoms with Crippen molar-refractivity contribution in [1.82, 2.24) is 4.90 Å². The molecule has 0 radical (unpaired) electrons. The van der Waals surface area contributed by atoms with Gasteiger partial charge in [-0.15, -0.1) is 0 Å². The van der Waals surface area contributed by atoms with Crippen molar-refractivity contribution >= 4 is 17.4 Å². The maximum atomic E-state index is 13.5. The average Bonchev–Trinajstić information content (AvgIpc) is 3.50. The summed E-state index contributed by atoms with van der Waals surface area (Å²) in [4.78, 5) is 28.4. The van der Waals surface area contributed by atoms with Crippen molar-refractivity contribution < 1.29 is 24.2 Å². The number of ketones is 1. The van der Waals surface area contributed by atoms with Gasteiger partial charge in [0, 0.05) is 18.5 Å². The number of likely N-dealkylation sites (tertiary alicyclic amines) is 1. The number of nitrogens with zero attached hydrogens (tertiary/aromatic N) is 1. The molecule has 1 saturated heterocycles. The fourth-order valence-electron chi connectivity index (χ4n) is 5.56. The summed E-state index contributed by atoms with van der Waals surface area (Å²) in [6.07, 6.45) is 1.35. The standard InChI is InChI=1S/C35H31NO5/c1-23-20-28-21-27(14-17-30(28)41-23)33(37)31-32(36(35(39)34(31)38)19-18-24-8-4-2-5-9-24)26-12-15-29(16-13-26)40-22-25-10-6-3-7-11-25/h2-17,21,23,32,37H,18-20,22H2,1H3/t23-,32+/m0/s1. The first-order valence-corrected chi connectivity index (χ1v) is 13.9. The summed E-state index contributed by atoms with van der Waals surface area (Å²) in [7, 11) is 0. The summed E-state index contributed by atoms with van der Waals surface area (Å²) in [6.45, 7) is 2.75. The predicted molar refractivity (Wildman–Crippen MR) is 157 cm³/mol. The smallest absolute Gasteiger partial charge is 0.295 e. The minimum Gasteiger partial charge on any atom is -0.507 e. The molecule has 0 saturated carbocycles. The van der Waals surface area contributed by atoms with Crippen LogP contribution < -0.4 is 9.47 Å². The molecule has 2 heterocycles. The molecule has 0 bridgehead atoms. The number of hydrogen-bond acceptors (Lipinski definition) is 5. The van der Waals surface area contributed by atoms with E-state index in [1.54, 1.807) is 11.0 Å². The molecule has 1 amide bonds. The van der Waals surface area contributed by atoms with E-state index in [1.165, 1.54) is 0 Å². The molecule has 2 aliphatic rings. The lowest BCUT2D eigenvalue weighted by atomic mass is 9.94. The molecule has 1 N–H and O–H groups in total. The third kappa shape index (κ3) is 5.46. The second kappa shape index (κ2) is 11.3. The summed E-state index contributed by atoms with van der Waals surface area (Å²) in [5, 5.41) is 11.5. The Balaban J connectivity index is 1.34. The number of aliphatic hydroxyl groups excluding tert-OH is 1. The molecule has 6 heteroatoms. The van der Waals surface area contributed by atoms with Crippen LogP contribution in [0.1, 0.15) is 40.8 Å². The van der Waals surface area contributed by atoms with Crippen LogP contribution in [0, 0.1) is 0 Å². The van der Waals surface area contributed by atoms with Crippen molar-refractivity contribution in [1.29, 1.82) is 0 Å². The van der Waals surface area contributed by atoms with Gasteiger partial charge in [0.1, 0.15) is 30.0 Å². The molecule has 4 aromatic rings. The van der Waals surface area contributed by atoms with E-state index in [0.717, 1.165) is 34.4 Å². The van der Waals surface area contributed by atoms with E-state index in [9.17, 15) is 14.7 Å². The Labute approximate surface area is 239 Å². The highest BCUT2D eigenvalue weighted by Gasteiger charge is 2.46. The maximum absolute atomic E-state index is 13.5. The zero-order valence-electron chi connectivity index (χ0n) is 22.8. The lowest BCUT2D eigenvalue weighted by molar-refractivity contribution is -0.139. The summed E-state index contributed by atoms with van der Waals surface area (Å²) in [6, 6.07) is 31.8. The Kier molecular flexibility index (Phi) is 7.30. The molecule has 0 aromatic heterocycles. The molecule has 0 spiro atoms. The zero-order chi connectivity index (χ0) is 28.3. The van der Waals surface area contributed by atoms with Gasteiger partial charge in [-0.25, -0.2) is 0 Å². The lowest BCUT2D eigenvalue weighted by Gasteiger charge is -2.25. The minimum atomic E-state index is -0.731. The van der Waals surface area contributed by atoms with Crippen LogP contribution in [0.5, 0.6) is 11.5 Å². The molecule has 206 valence electrons. The molecule has 2 aliphatic heterocycles. The molecule has 6 rings (SSSR count). The first-order valence-electron chi connectivity index (χ1n) is 13.9. The topological polar surface area (TPSA) is 76.1 Å². The second-order valence-corrected chi connectivity index (χ2v) is 10.5. The van der Waals surface area contributed by atoms with E-state index >= 15 is 0 Å². The van der Waals surface area contributed by atoms with E-state index in [0.29, 0.717) is 30.9 Å². The Bertz CT molecular complexity index is 1600. The second-order valence-electron chi connectivity index (χ2n) is 10.5. The summed E-state index contributed by atoms with van der Waals surface area (Å²) < 4.78 is 11.8. The van der Waals surface area contributed by atoms with Gasteiger partial charge < -0.3 is 19.5 Å². The largest absolute Gasteiger partial charge is 0.507 e. The van der Waals surface area contributed by atoms with Crippen molar-refractivity contribution in [2.45, 2.75) is 38.5 Å². The molecule has 0 unspecified atom stereocenters. The van der Waals surface area contributed by atoms with Gasteiger partial charge in [-0.05, 0) is 65.9 Å². The molecular formula is C35H31NO5. The van der Waals surface area contributed by atoms with Crippen LogP contribution in [0.3, 0.4) is 0 Å². The number of rotatable bonds is 8. The number of carbonyl (C=O) groups excluding carboxylic acids is 2. The quantitative estimate of drug-likeness (QED) is 0.161. The summed E-state index contributed by atoms with van der Waals surface area (Å²) >= 11 is 0. The van der Waals surface area contributed by atoms with Gasteiger partial charge in [-0.2, -0.15) is 0 Å². The number of ether oxygens (including phenoxy) is 2. The van der Waals surface area contributed by atoms with Crippen LogP contribution in [0.25, 0.3) is 5.76 Å². The van der Waals surface area contributed by atoms with E-state index in [2.05, 4.69) is 0 Å². The average molecular weight is 546 g/mol. The number of carbonyl (C=O) groups is 2. The first kappa shape index (κ1) is 26.4. The number of Topliss-reactive ketones (excluding diaryl/α,β-unsaturated/α-hetero) is 1. The van der Waals surface area contributed by atoms with Crippen molar-refractivity contribution in [3.63, 3.8) is 0 Å². The van der Waals surface area contributed by atoms with Crippen LogP contribution in [0.4, 0.5) is 0 Å². The molecule has 4 aromatic carbocycles. The third-order valence-corrected chi connectivity index (χ3v) is 7.64. The molecular weight excluding hydrogens is 514 g/mol. The maximum Gasteiger partial charge on any atom is 0.295 e. The van der Waals surface area contributed by atoms with Crippen LogP contribution in [-0.4, -0.2) is 34.3 Å². The van der Waals surface area contributed by atoms with Crippen LogP contribution in [-0.2, 0) is 29.0 Å². The van der Waals surface area contributed by atoms with E-state index in [1.807, 2.05) is 104 Å². The Morgan fingerprint density at radius 3 is 2.29 bits per heavy atom. The number of fused-ring (bicyclic) bond motifs is 1. The lowest BCUT2D eigenvalue weighted by Crippen LogP contribution is -2.31. The van der Waals surface area contributed by atoms with E-state index < -0.39 is 17.7 Å². The Morgan fingerprint density at radius 1 is 0.902 bits per heavy atom. The predicted octanol–water partition coefficient (Wildman–Crippen LogP) is 6.25. The normalized spacial score (nSPS) is 19.2. The SMILES string of the molecule is C[C@H]1Cc2cc(C(O)=C3C(=O)C(=O)N(CCc4ccccc4)[C@@H]3c3ccc(OCc4ccccc4)cc3)ccc2O1. The molecule has 41 heavy (non-hydrogen) atoms. The van der Waals surface area contributed by atoms with Crippen molar-refractivity contribution in [2.24, 2.45) is 0 Å².